The molecule has 0 radical (unpaired) electrons. The molecule has 22 heavy (non-hydrogen) atoms. The first-order valence-electron chi connectivity index (χ1n) is 9.38. The summed E-state index contributed by atoms with van der Waals surface area (Å²) in [5.41, 5.74) is 12.3. The van der Waals surface area contributed by atoms with Gasteiger partial charge in [-0.05, 0) is 25.9 Å². The Kier molecular flexibility index (Phi) is 7.79. The minimum atomic E-state index is -1.58. The summed E-state index contributed by atoms with van der Waals surface area (Å²) < 4.78 is 6.51. The van der Waals surface area contributed by atoms with Gasteiger partial charge in [-0.1, -0.05) is 71.0 Å². The van der Waals surface area contributed by atoms with Gasteiger partial charge in [0.25, 0.3) is 0 Å². The van der Waals surface area contributed by atoms with E-state index in [-0.39, 0.29) is 6.10 Å². The molecule has 0 amide bonds. The number of unbranched alkanes of at least 4 members (excludes halogenated alkanes) is 6. The van der Waals surface area contributed by atoms with Crippen molar-refractivity contribution in [2.24, 2.45) is 11.5 Å². The van der Waals surface area contributed by atoms with E-state index in [1.165, 1.54) is 44.6 Å². The van der Waals surface area contributed by atoms with Crippen molar-refractivity contribution in [2.45, 2.75) is 109 Å². The van der Waals surface area contributed by atoms with Crippen molar-refractivity contribution < 1.29 is 4.43 Å². The molecule has 0 aliphatic carbocycles. The molecule has 0 saturated carbocycles. The van der Waals surface area contributed by atoms with Crippen molar-refractivity contribution in [2.75, 3.05) is 0 Å². The van der Waals surface area contributed by atoms with E-state index < -0.39 is 21.1 Å². The van der Waals surface area contributed by atoms with Gasteiger partial charge in [0.05, 0.1) is 19.4 Å². The normalized spacial score (nSPS) is 24.4. The number of rotatable bonds is 9. The molecule has 1 aliphatic rings. The van der Waals surface area contributed by atoms with Crippen molar-refractivity contribution >= 4 is 15.4 Å². The topological polar surface area (TPSA) is 61.3 Å². The Bertz CT molecular complexity index is 333. The molecule has 1 fully saturated rings. The SMILES string of the molecule is CCCCCCCCCC(N)(N)C1CC[Si](C)(C)[Si](C)(C)O1. The Hall–Kier alpha value is 0.314. The minimum absolute atomic E-state index is 0.0785. The van der Waals surface area contributed by atoms with Crippen LogP contribution in [-0.4, -0.2) is 27.2 Å². The van der Waals surface area contributed by atoms with Crippen molar-refractivity contribution in [3.05, 3.63) is 0 Å². The Morgan fingerprint density at radius 1 is 0.955 bits per heavy atom. The first-order chi connectivity index (χ1) is 10.1. The lowest BCUT2D eigenvalue weighted by Crippen LogP contribution is -2.69. The predicted octanol–water partition coefficient (Wildman–Crippen LogP) is 4.52. The molecule has 1 aliphatic heterocycles. The highest BCUT2D eigenvalue weighted by molar-refractivity contribution is 7.38. The summed E-state index contributed by atoms with van der Waals surface area (Å²) in [5, 5.41) is 0. The van der Waals surface area contributed by atoms with Crippen LogP contribution < -0.4 is 11.5 Å². The fraction of sp³-hybridized carbons (Fsp3) is 1.00. The fourth-order valence-corrected chi connectivity index (χ4v) is 9.87. The monoisotopic (exact) mass is 344 g/mol. The van der Waals surface area contributed by atoms with Crippen molar-refractivity contribution in [1.82, 2.24) is 0 Å². The molecule has 1 heterocycles. The van der Waals surface area contributed by atoms with Crippen LogP contribution in [0, 0.1) is 0 Å². The maximum Gasteiger partial charge on any atom is 0.174 e. The summed E-state index contributed by atoms with van der Waals surface area (Å²) in [4.78, 5) is 0. The smallest absolute Gasteiger partial charge is 0.174 e. The summed E-state index contributed by atoms with van der Waals surface area (Å²) in [6.45, 7) is 11.9. The molecular weight excluding hydrogens is 304 g/mol. The van der Waals surface area contributed by atoms with E-state index in [9.17, 15) is 0 Å². The molecule has 0 aromatic heterocycles. The van der Waals surface area contributed by atoms with Crippen LogP contribution in [0.15, 0.2) is 0 Å². The van der Waals surface area contributed by atoms with Gasteiger partial charge >= 0.3 is 0 Å². The van der Waals surface area contributed by atoms with Crippen LogP contribution in [0.4, 0.5) is 0 Å². The second kappa shape index (κ2) is 8.42. The van der Waals surface area contributed by atoms with E-state index in [0.29, 0.717) is 0 Å². The van der Waals surface area contributed by atoms with E-state index in [1.807, 2.05) is 0 Å². The second-order valence-electron chi connectivity index (χ2n) is 8.52. The maximum absolute atomic E-state index is 6.51. The molecule has 132 valence electrons. The summed E-state index contributed by atoms with van der Waals surface area (Å²) in [7, 11) is -2.77. The number of hydrogen-bond donors (Lipinski definition) is 2. The van der Waals surface area contributed by atoms with E-state index in [4.69, 9.17) is 15.9 Å². The highest BCUT2D eigenvalue weighted by Gasteiger charge is 2.50. The van der Waals surface area contributed by atoms with Gasteiger partial charge in [0.2, 0.25) is 0 Å². The van der Waals surface area contributed by atoms with Gasteiger partial charge in [0, 0.05) is 0 Å². The molecule has 0 spiro atoms. The standard InChI is InChI=1S/C17H40N2OSi2/c1-6-7-8-9-10-11-12-14-17(18,19)16-13-15-21(2,3)22(4,5)20-16/h16H,6-15,18-19H2,1-5H3. The van der Waals surface area contributed by atoms with Gasteiger partial charge in [-0.25, -0.2) is 0 Å². The van der Waals surface area contributed by atoms with Crippen LogP contribution in [-0.2, 0) is 4.43 Å². The Labute approximate surface area is 140 Å². The summed E-state index contributed by atoms with van der Waals surface area (Å²) in [6.07, 6.45) is 11.2. The van der Waals surface area contributed by atoms with Crippen LogP contribution in [0.25, 0.3) is 0 Å². The lowest BCUT2D eigenvalue weighted by Gasteiger charge is -2.49. The molecule has 0 bridgehead atoms. The molecule has 0 aromatic rings. The van der Waals surface area contributed by atoms with E-state index >= 15 is 0 Å². The van der Waals surface area contributed by atoms with Crippen molar-refractivity contribution in [1.29, 1.82) is 0 Å². The van der Waals surface area contributed by atoms with E-state index in [1.54, 1.807) is 0 Å². The van der Waals surface area contributed by atoms with Gasteiger partial charge < -0.3 is 15.9 Å². The lowest BCUT2D eigenvalue weighted by molar-refractivity contribution is 0.0897. The molecule has 1 saturated heterocycles. The maximum atomic E-state index is 6.51. The first-order valence-corrected chi connectivity index (χ1v) is 16.5. The van der Waals surface area contributed by atoms with Crippen molar-refractivity contribution in [3.8, 4) is 0 Å². The zero-order valence-corrected chi connectivity index (χ0v) is 17.7. The van der Waals surface area contributed by atoms with Gasteiger partial charge in [0.15, 0.2) is 7.83 Å². The quantitative estimate of drug-likeness (QED) is 0.367. The Morgan fingerprint density at radius 3 is 2.05 bits per heavy atom. The molecule has 1 rings (SSSR count). The molecule has 0 aromatic carbocycles. The third-order valence-electron chi connectivity index (χ3n) is 5.91. The molecule has 3 nitrogen and oxygen atoms in total. The highest BCUT2D eigenvalue weighted by Crippen LogP contribution is 2.36. The highest BCUT2D eigenvalue weighted by atomic mass is 29.3. The Morgan fingerprint density at radius 2 is 1.50 bits per heavy atom. The number of hydrogen-bond acceptors (Lipinski definition) is 3. The van der Waals surface area contributed by atoms with Crippen molar-refractivity contribution in [3.63, 3.8) is 0 Å². The minimum Gasteiger partial charge on any atom is -0.414 e. The Balaban J connectivity index is 2.34. The molecular formula is C17H40N2OSi2. The van der Waals surface area contributed by atoms with E-state index in [2.05, 4.69) is 33.1 Å². The van der Waals surface area contributed by atoms with Crippen LogP contribution in [0.1, 0.15) is 64.7 Å². The van der Waals surface area contributed by atoms with Gasteiger partial charge in [-0.2, -0.15) is 0 Å². The summed E-state index contributed by atoms with van der Waals surface area (Å²) in [6, 6.07) is 1.32. The van der Waals surface area contributed by atoms with Gasteiger partial charge in [-0.3, -0.25) is 0 Å². The first kappa shape index (κ1) is 20.4. The second-order valence-corrected chi connectivity index (χ2v) is 23.7. The van der Waals surface area contributed by atoms with Crippen LogP contribution >= 0.6 is 0 Å². The van der Waals surface area contributed by atoms with Gasteiger partial charge in [0.1, 0.15) is 0 Å². The average Bonchev–Trinajstić information content (AvgIpc) is 2.40. The van der Waals surface area contributed by atoms with Crippen LogP contribution in [0.5, 0.6) is 0 Å². The lowest BCUT2D eigenvalue weighted by atomic mass is 9.95. The largest absolute Gasteiger partial charge is 0.414 e. The molecule has 5 heteroatoms. The zero-order chi connectivity index (χ0) is 16.9. The third kappa shape index (κ3) is 5.75. The zero-order valence-electron chi connectivity index (χ0n) is 15.7. The third-order valence-corrected chi connectivity index (χ3v) is 22.5. The van der Waals surface area contributed by atoms with Crippen LogP contribution in [0.3, 0.4) is 0 Å². The van der Waals surface area contributed by atoms with E-state index in [0.717, 1.165) is 19.3 Å². The fourth-order valence-electron chi connectivity index (χ4n) is 3.29. The number of nitrogens with two attached hydrogens (primary N) is 2. The van der Waals surface area contributed by atoms with Crippen LogP contribution in [0.2, 0.25) is 32.2 Å². The summed E-state index contributed by atoms with van der Waals surface area (Å²) >= 11 is 0. The van der Waals surface area contributed by atoms with Gasteiger partial charge in [-0.15, -0.1) is 0 Å². The summed E-state index contributed by atoms with van der Waals surface area (Å²) in [5.74, 6) is 0. The molecule has 4 N–H and O–H groups in total. The predicted molar refractivity (Wildman–Crippen MR) is 103 cm³/mol. The molecule has 1 unspecified atom stereocenters. The average molecular weight is 345 g/mol. The molecule has 1 atom stereocenters.